The standard InChI is InChI=1S/C25H24FN7O2/c1-16(34)31-9-11-32(12-10-31)18-6-4-5-17(13-18)29-25-28-14-21(26)24(30-25)33-15-20(23(27)35)19-7-2-3-8-22(19)33/h2-8,13-15H,9-12H2,1H3,(H2,27,35)(H,28,29,30). The fourth-order valence-corrected chi connectivity index (χ4v) is 4.33. The molecule has 5 rings (SSSR count). The van der Waals surface area contributed by atoms with Crippen molar-refractivity contribution >= 4 is 40.0 Å². The number of para-hydroxylation sites is 1. The van der Waals surface area contributed by atoms with Crippen LogP contribution in [0.15, 0.2) is 60.9 Å². The van der Waals surface area contributed by atoms with Crippen LogP contribution in [0.4, 0.5) is 21.7 Å². The molecule has 178 valence electrons. The Balaban J connectivity index is 1.42. The van der Waals surface area contributed by atoms with Gasteiger partial charge >= 0.3 is 0 Å². The molecule has 0 unspecified atom stereocenters. The summed E-state index contributed by atoms with van der Waals surface area (Å²) in [6.07, 6.45) is 2.58. The van der Waals surface area contributed by atoms with Gasteiger partial charge in [0.2, 0.25) is 11.9 Å². The van der Waals surface area contributed by atoms with Crippen molar-refractivity contribution in [1.82, 2.24) is 19.4 Å². The van der Waals surface area contributed by atoms with Crippen LogP contribution in [-0.4, -0.2) is 57.4 Å². The molecule has 2 aromatic heterocycles. The number of fused-ring (bicyclic) bond motifs is 1. The molecule has 35 heavy (non-hydrogen) atoms. The number of nitrogens with zero attached hydrogens (tertiary/aromatic N) is 5. The lowest BCUT2D eigenvalue weighted by Crippen LogP contribution is -2.48. The maximum atomic E-state index is 14.8. The number of nitrogens with one attached hydrogen (secondary N) is 1. The van der Waals surface area contributed by atoms with Crippen LogP contribution in [0.25, 0.3) is 16.7 Å². The highest BCUT2D eigenvalue weighted by molar-refractivity contribution is 6.06. The van der Waals surface area contributed by atoms with E-state index in [0.717, 1.165) is 30.7 Å². The van der Waals surface area contributed by atoms with E-state index >= 15 is 0 Å². The number of halogens is 1. The highest BCUT2D eigenvalue weighted by atomic mass is 19.1. The van der Waals surface area contributed by atoms with E-state index < -0.39 is 11.7 Å². The summed E-state index contributed by atoms with van der Waals surface area (Å²) in [4.78, 5) is 36.0. The Bertz CT molecular complexity index is 1430. The summed E-state index contributed by atoms with van der Waals surface area (Å²) in [7, 11) is 0. The van der Waals surface area contributed by atoms with E-state index in [0.29, 0.717) is 24.0 Å². The summed E-state index contributed by atoms with van der Waals surface area (Å²) in [5.74, 6) is -0.943. The van der Waals surface area contributed by atoms with E-state index in [9.17, 15) is 14.0 Å². The van der Waals surface area contributed by atoms with Gasteiger partial charge in [-0.25, -0.2) is 9.37 Å². The minimum atomic E-state index is -0.635. The highest BCUT2D eigenvalue weighted by Gasteiger charge is 2.20. The first-order chi connectivity index (χ1) is 16.9. The van der Waals surface area contributed by atoms with Crippen LogP contribution < -0.4 is 16.0 Å². The number of amides is 2. The topological polar surface area (TPSA) is 109 Å². The Morgan fingerprint density at radius 2 is 1.83 bits per heavy atom. The van der Waals surface area contributed by atoms with Crippen LogP contribution >= 0.6 is 0 Å². The molecule has 0 radical (unpaired) electrons. The largest absolute Gasteiger partial charge is 0.368 e. The summed E-state index contributed by atoms with van der Waals surface area (Å²) in [6, 6.07) is 14.9. The molecule has 0 bridgehead atoms. The number of rotatable bonds is 5. The highest BCUT2D eigenvalue weighted by Crippen LogP contribution is 2.27. The second kappa shape index (κ2) is 9.05. The second-order valence-electron chi connectivity index (χ2n) is 8.33. The van der Waals surface area contributed by atoms with E-state index in [1.807, 2.05) is 29.2 Å². The summed E-state index contributed by atoms with van der Waals surface area (Å²) in [5.41, 5.74) is 8.16. The van der Waals surface area contributed by atoms with Gasteiger partial charge in [0.05, 0.1) is 17.3 Å². The summed E-state index contributed by atoms with van der Waals surface area (Å²) >= 11 is 0. The third-order valence-corrected chi connectivity index (χ3v) is 6.12. The fraction of sp³-hybridized carbons (Fsp3) is 0.200. The van der Waals surface area contributed by atoms with E-state index in [-0.39, 0.29) is 23.2 Å². The predicted molar refractivity (Wildman–Crippen MR) is 132 cm³/mol. The summed E-state index contributed by atoms with van der Waals surface area (Å²) in [6.45, 7) is 4.42. The molecule has 3 N–H and O–H groups in total. The van der Waals surface area contributed by atoms with Gasteiger partial charge in [-0.05, 0) is 24.3 Å². The average Bonchev–Trinajstić information content (AvgIpc) is 3.25. The molecule has 0 saturated carbocycles. The Kier molecular flexibility index (Phi) is 5.77. The minimum Gasteiger partial charge on any atom is -0.368 e. The van der Waals surface area contributed by atoms with Crippen molar-refractivity contribution in [2.24, 2.45) is 5.73 Å². The molecule has 2 amide bonds. The molecular formula is C25H24FN7O2. The van der Waals surface area contributed by atoms with Crippen LogP contribution in [0.3, 0.4) is 0 Å². The number of piperazine rings is 1. The number of benzene rings is 2. The first-order valence-corrected chi connectivity index (χ1v) is 11.2. The fourth-order valence-electron chi connectivity index (χ4n) is 4.33. The third-order valence-electron chi connectivity index (χ3n) is 6.12. The van der Waals surface area contributed by atoms with Gasteiger partial charge in [-0.3, -0.25) is 14.2 Å². The Labute approximate surface area is 201 Å². The number of primary amides is 1. The van der Waals surface area contributed by atoms with Crippen molar-refractivity contribution < 1.29 is 14.0 Å². The van der Waals surface area contributed by atoms with E-state index in [1.165, 1.54) is 10.8 Å². The SMILES string of the molecule is CC(=O)N1CCN(c2cccc(Nc3ncc(F)c(-n4cc(C(N)=O)c5ccccc54)n3)c2)CC1. The maximum Gasteiger partial charge on any atom is 0.250 e. The zero-order chi connectivity index (χ0) is 24.5. The number of carbonyl (C=O) groups excluding carboxylic acids is 2. The lowest BCUT2D eigenvalue weighted by molar-refractivity contribution is -0.129. The summed E-state index contributed by atoms with van der Waals surface area (Å²) in [5, 5.41) is 3.76. The van der Waals surface area contributed by atoms with Crippen LogP contribution in [0.5, 0.6) is 0 Å². The van der Waals surface area contributed by atoms with Crippen LogP contribution in [-0.2, 0) is 4.79 Å². The molecule has 10 heteroatoms. The van der Waals surface area contributed by atoms with Gasteiger partial charge in [-0.1, -0.05) is 24.3 Å². The first-order valence-electron chi connectivity index (χ1n) is 11.2. The van der Waals surface area contributed by atoms with E-state index in [1.54, 1.807) is 31.2 Å². The number of hydrogen-bond donors (Lipinski definition) is 2. The molecule has 4 aromatic rings. The minimum absolute atomic E-state index is 0.00251. The second-order valence-corrected chi connectivity index (χ2v) is 8.33. The smallest absolute Gasteiger partial charge is 0.250 e. The van der Waals surface area contributed by atoms with Gasteiger partial charge in [-0.15, -0.1) is 0 Å². The van der Waals surface area contributed by atoms with Gasteiger partial charge < -0.3 is 20.9 Å². The van der Waals surface area contributed by atoms with Crippen molar-refractivity contribution in [3.8, 4) is 5.82 Å². The molecule has 1 saturated heterocycles. The molecule has 0 spiro atoms. The summed E-state index contributed by atoms with van der Waals surface area (Å²) < 4.78 is 16.3. The van der Waals surface area contributed by atoms with Crippen LogP contribution in [0.2, 0.25) is 0 Å². The lowest BCUT2D eigenvalue weighted by Gasteiger charge is -2.35. The normalized spacial score (nSPS) is 13.8. The molecule has 3 heterocycles. The molecule has 0 atom stereocenters. The zero-order valence-corrected chi connectivity index (χ0v) is 19.1. The quantitative estimate of drug-likeness (QED) is 0.461. The maximum absolute atomic E-state index is 14.8. The predicted octanol–water partition coefficient (Wildman–Crippen LogP) is 3.07. The molecule has 1 aliphatic rings. The monoisotopic (exact) mass is 473 g/mol. The van der Waals surface area contributed by atoms with E-state index in [2.05, 4.69) is 20.2 Å². The van der Waals surface area contributed by atoms with Gasteiger partial charge in [0.1, 0.15) is 0 Å². The Morgan fingerprint density at radius 1 is 1.06 bits per heavy atom. The number of hydrogen-bond acceptors (Lipinski definition) is 6. The van der Waals surface area contributed by atoms with Crippen molar-refractivity contribution in [2.45, 2.75) is 6.92 Å². The van der Waals surface area contributed by atoms with Crippen LogP contribution in [0.1, 0.15) is 17.3 Å². The molecule has 2 aromatic carbocycles. The van der Waals surface area contributed by atoms with Crippen molar-refractivity contribution in [1.29, 1.82) is 0 Å². The van der Waals surface area contributed by atoms with Gasteiger partial charge in [0.15, 0.2) is 11.6 Å². The molecule has 9 nitrogen and oxygen atoms in total. The lowest BCUT2D eigenvalue weighted by atomic mass is 10.2. The van der Waals surface area contributed by atoms with Gasteiger partial charge in [-0.2, -0.15) is 4.98 Å². The van der Waals surface area contributed by atoms with Gasteiger partial charge in [0.25, 0.3) is 5.91 Å². The van der Waals surface area contributed by atoms with Crippen molar-refractivity contribution in [3.05, 3.63) is 72.3 Å². The Hall–Kier alpha value is -4.47. The molecule has 1 fully saturated rings. The van der Waals surface area contributed by atoms with Crippen molar-refractivity contribution in [3.63, 3.8) is 0 Å². The number of anilines is 3. The first kappa shape index (κ1) is 22.3. The number of carbonyl (C=O) groups is 2. The molecule has 1 aliphatic heterocycles. The van der Waals surface area contributed by atoms with Gasteiger partial charge in [0, 0.05) is 56.1 Å². The molecular weight excluding hydrogens is 449 g/mol. The average molecular weight is 474 g/mol. The van der Waals surface area contributed by atoms with Crippen molar-refractivity contribution in [2.75, 3.05) is 36.4 Å². The number of aromatic nitrogens is 3. The third kappa shape index (κ3) is 4.37. The molecule has 0 aliphatic carbocycles. The van der Waals surface area contributed by atoms with Crippen LogP contribution in [0, 0.1) is 5.82 Å². The van der Waals surface area contributed by atoms with E-state index in [4.69, 9.17) is 5.73 Å². The Morgan fingerprint density at radius 3 is 2.57 bits per heavy atom. The number of nitrogens with two attached hydrogens (primary N) is 1. The zero-order valence-electron chi connectivity index (χ0n) is 19.1.